The van der Waals surface area contributed by atoms with Gasteiger partial charge in [0.2, 0.25) is 0 Å². The van der Waals surface area contributed by atoms with Crippen LogP contribution in [0.5, 0.6) is 0 Å². The maximum absolute atomic E-state index is 12.4. The van der Waals surface area contributed by atoms with Gasteiger partial charge in [-0.2, -0.15) is 5.26 Å². The van der Waals surface area contributed by atoms with Gasteiger partial charge in [-0.25, -0.2) is 4.79 Å². The Hall–Kier alpha value is -2.85. The minimum absolute atomic E-state index is 0.139. The summed E-state index contributed by atoms with van der Waals surface area (Å²) < 4.78 is 4.90. The molecule has 0 radical (unpaired) electrons. The van der Waals surface area contributed by atoms with Gasteiger partial charge in [-0.1, -0.05) is 17.7 Å². The minimum atomic E-state index is -0.656. The fourth-order valence-electron chi connectivity index (χ4n) is 2.41. The van der Waals surface area contributed by atoms with Crippen LogP contribution >= 0.6 is 0 Å². The van der Waals surface area contributed by atoms with Crippen LogP contribution in [0.25, 0.3) is 0 Å². The Labute approximate surface area is 148 Å². The average molecular weight is 344 g/mol. The molecule has 7 nitrogen and oxygen atoms in total. The van der Waals surface area contributed by atoms with Gasteiger partial charge in [0.1, 0.15) is 11.6 Å². The molecule has 0 aliphatic rings. The summed E-state index contributed by atoms with van der Waals surface area (Å²) in [6.45, 7) is 7.89. The van der Waals surface area contributed by atoms with E-state index >= 15 is 0 Å². The molecule has 1 aromatic carbocycles. The third kappa shape index (κ3) is 5.62. The van der Waals surface area contributed by atoms with Crippen molar-refractivity contribution in [2.45, 2.75) is 27.7 Å². The molecule has 0 saturated carbocycles. The van der Waals surface area contributed by atoms with Crippen LogP contribution in [0.4, 0.5) is 10.5 Å². The smallest absolute Gasteiger partial charge is 0.413 e. The average Bonchev–Trinajstić information content (AvgIpc) is 2.54. The molecule has 0 bridgehead atoms. The number of anilines is 1. The lowest BCUT2D eigenvalue weighted by molar-refractivity contribution is -0.112. The minimum Gasteiger partial charge on any atom is -0.449 e. The van der Waals surface area contributed by atoms with Crippen LogP contribution in [-0.4, -0.2) is 36.6 Å². The summed E-state index contributed by atoms with van der Waals surface area (Å²) in [6.07, 6.45) is 0.509. The standard InChI is InChI=1S/C18H24N4O3/c1-5-25-18(24)22(7-6-19)11-15(10-20)17(23)21-16-13(3)8-12(2)9-14(16)4/h8-9,11H,5-7,19H2,1-4H3,(H,21,23)/b15-11-. The Morgan fingerprint density at radius 3 is 2.40 bits per heavy atom. The van der Waals surface area contributed by atoms with Crippen molar-refractivity contribution in [2.75, 3.05) is 25.0 Å². The van der Waals surface area contributed by atoms with Crippen molar-refractivity contribution < 1.29 is 14.3 Å². The summed E-state index contributed by atoms with van der Waals surface area (Å²) in [6, 6.07) is 5.70. The number of nitrogens with two attached hydrogens (primary N) is 1. The number of nitriles is 1. The van der Waals surface area contributed by atoms with Gasteiger partial charge in [0.15, 0.2) is 0 Å². The van der Waals surface area contributed by atoms with Crippen LogP contribution < -0.4 is 11.1 Å². The predicted octanol–water partition coefficient (Wildman–Crippen LogP) is 2.38. The second-order valence-electron chi connectivity index (χ2n) is 5.56. The van der Waals surface area contributed by atoms with Gasteiger partial charge in [-0.3, -0.25) is 9.69 Å². The van der Waals surface area contributed by atoms with Gasteiger partial charge in [-0.15, -0.1) is 0 Å². The van der Waals surface area contributed by atoms with Gasteiger partial charge >= 0.3 is 6.09 Å². The number of benzene rings is 1. The largest absolute Gasteiger partial charge is 0.449 e. The van der Waals surface area contributed by atoms with E-state index in [2.05, 4.69) is 5.32 Å². The molecule has 1 rings (SSSR count). The first kappa shape index (κ1) is 20.2. The van der Waals surface area contributed by atoms with E-state index in [0.717, 1.165) is 21.6 Å². The third-order valence-corrected chi connectivity index (χ3v) is 3.44. The number of ether oxygens (including phenoxy) is 1. The van der Waals surface area contributed by atoms with Crippen molar-refractivity contribution in [3.05, 3.63) is 40.6 Å². The molecule has 3 N–H and O–H groups in total. The molecule has 134 valence electrons. The lowest BCUT2D eigenvalue weighted by Crippen LogP contribution is -2.32. The summed E-state index contributed by atoms with van der Waals surface area (Å²) in [5.74, 6) is -0.594. The molecule has 1 aromatic rings. The zero-order chi connectivity index (χ0) is 19.0. The normalized spacial score (nSPS) is 10.8. The monoisotopic (exact) mass is 344 g/mol. The van der Waals surface area contributed by atoms with E-state index in [0.29, 0.717) is 5.69 Å². The number of nitrogens with zero attached hydrogens (tertiary/aromatic N) is 2. The highest BCUT2D eigenvalue weighted by Gasteiger charge is 2.17. The van der Waals surface area contributed by atoms with Crippen molar-refractivity contribution in [2.24, 2.45) is 5.73 Å². The highest BCUT2D eigenvalue weighted by molar-refractivity contribution is 6.07. The zero-order valence-electron chi connectivity index (χ0n) is 15.0. The highest BCUT2D eigenvalue weighted by Crippen LogP contribution is 2.22. The summed E-state index contributed by atoms with van der Waals surface area (Å²) in [4.78, 5) is 25.4. The molecule has 2 amide bonds. The SMILES string of the molecule is CCOC(=O)N(/C=C(/C#N)C(=O)Nc1c(C)cc(C)cc1C)CCN. The van der Waals surface area contributed by atoms with E-state index in [-0.39, 0.29) is 25.3 Å². The van der Waals surface area contributed by atoms with Crippen molar-refractivity contribution >= 4 is 17.7 Å². The van der Waals surface area contributed by atoms with Crippen LogP contribution in [0.2, 0.25) is 0 Å². The maximum atomic E-state index is 12.4. The molecule has 0 unspecified atom stereocenters. The number of hydrogen-bond acceptors (Lipinski definition) is 5. The van der Waals surface area contributed by atoms with Gasteiger partial charge < -0.3 is 15.8 Å². The van der Waals surface area contributed by atoms with E-state index in [1.165, 1.54) is 6.20 Å². The van der Waals surface area contributed by atoms with Crippen LogP contribution in [0.3, 0.4) is 0 Å². The Balaban J connectivity index is 3.07. The van der Waals surface area contributed by atoms with E-state index in [9.17, 15) is 14.9 Å². The predicted molar refractivity (Wildman–Crippen MR) is 95.8 cm³/mol. The Bertz CT molecular complexity index is 697. The Kier molecular flexibility index (Phi) is 7.63. The first-order chi connectivity index (χ1) is 11.8. The number of nitrogens with one attached hydrogen (secondary N) is 1. The highest BCUT2D eigenvalue weighted by atomic mass is 16.6. The second-order valence-corrected chi connectivity index (χ2v) is 5.56. The van der Waals surface area contributed by atoms with Crippen molar-refractivity contribution in [3.8, 4) is 6.07 Å². The zero-order valence-corrected chi connectivity index (χ0v) is 15.0. The first-order valence-electron chi connectivity index (χ1n) is 7.98. The topological polar surface area (TPSA) is 108 Å². The summed E-state index contributed by atoms with van der Waals surface area (Å²) >= 11 is 0. The molecular weight excluding hydrogens is 320 g/mol. The molecule has 0 heterocycles. The molecule has 7 heteroatoms. The summed E-state index contributed by atoms with van der Waals surface area (Å²) in [7, 11) is 0. The molecule has 0 aliphatic heterocycles. The van der Waals surface area contributed by atoms with Crippen LogP contribution in [-0.2, 0) is 9.53 Å². The van der Waals surface area contributed by atoms with E-state index < -0.39 is 12.0 Å². The van der Waals surface area contributed by atoms with E-state index in [1.807, 2.05) is 39.0 Å². The maximum Gasteiger partial charge on any atom is 0.413 e. The fraction of sp³-hybridized carbons (Fsp3) is 0.389. The van der Waals surface area contributed by atoms with Crippen LogP contribution in [0.15, 0.2) is 23.9 Å². The van der Waals surface area contributed by atoms with E-state index in [1.54, 1.807) is 6.92 Å². The third-order valence-electron chi connectivity index (χ3n) is 3.44. The molecule has 0 atom stereocenters. The Morgan fingerprint density at radius 2 is 1.92 bits per heavy atom. The first-order valence-corrected chi connectivity index (χ1v) is 7.98. The number of aryl methyl sites for hydroxylation is 3. The van der Waals surface area contributed by atoms with Crippen molar-refractivity contribution in [1.82, 2.24) is 4.90 Å². The number of hydrogen-bond donors (Lipinski definition) is 2. The molecule has 0 saturated heterocycles. The molecule has 0 fully saturated rings. The lowest BCUT2D eigenvalue weighted by Gasteiger charge is -2.17. The van der Waals surface area contributed by atoms with Crippen LogP contribution in [0.1, 0.15) is 23.6 Å². The quantitative estimate of drug-likeness (QED) is 0.608. The number of amides is 2. The number of carbonyl (C=O) groups is 2. The van der Waals surface area contributed by atoms with Gasteiger partial charge in [0, 0.05) is 25.0 Å². The van der Waals surface area contributed by atoms with Crippen molar-refractivity contribution in [1.29, 1.82) is 5.26 Å². The number of carbonyl (C=O) groups excluding carboxylic acids is 2. The fourth-order valence-corrected chi connectivity index (χ4v) is 2.41. The summed E-state index contributed by atoms with van der Waals surface area (Å²) in [5, 5.41) is 12.0. The second kappa shape index (κ2) is 9.45. The molecule has 0 aliphatic carbocycles. The van der Waals surface area contributed by atoms with Crippen LogP contribution in [0, 0.1) is 32.1 Å². The molecule has 25 heavy (non-hydrogen) atoms. The van der Waals surface area contributed by atoms with Gasteiger partial charge in [0.25, 0.3) is 5.91 Å². The molecular formula is C18H24N4O3. The van der Waals surface area contributed by atoms with Gasteiger partial charge in [-0.05, 0) is 38.8 Å². The Morgan fingerprint density at radius 1 is 1.32 bits per heavy atom. The van der Waals surface area contributed by atoms with E-state index in [4.69, 9.17) is 10.5 Å². The molecule has 0 spiro atoms. The lowest BCUT2D eigenvalue weighted by atomic mass is 10.0. The summed E-state index contributed by atoms with van der Waals surface area (Å²) in [5.41, 5.74) is 8.79. The van der Waals surface area contributed by atoms with Crippen molar-refractivity contribution in [3.63, 3.8) is 0 Å². The number of rotatable bonds is 6. The molecule has 0 aromatic heterocycles. The van der Waals surface area contributed by atoms with Gasteiger partial charge in [0.05, 0.1) is 6.61 Å².